The minimum Gasteiger partial charge on any atom is -0.497 e. The molecule has 0 spiro atoms. The van der Waals surface area contributed by atoms with Crippen LogP contribution in [0.25, 0.3) is 0 Å². The summed E-state index contributed by atoms with van der Waals surface area (Å²) in [6.07, 6.45) is 5.68. The van der Waals surface area contributed by atoms with Crippen molar-refractivity contribution in [2.75, 3.05) is 38.6 Å². The molecule has 1 atom stereocenters. The standard InChI is InChI=1S/C21H31N3O3/c1-16-14-18(27-2)8-9-19(16)22-20(25)10-7-17-6-5-13-24(15-17)21(26)23-11-3-4-12-23/h8-9,14,17H,3-7,10-13,15H2,1-2H3,(H,22,25)/t17-/m1/s1. The molecule has 2 fully saturated rings. The number of urea groups is 1. The number of hydrogen-bond donors (Lipinski definition) is 1. The van der Waals surface area contributed by atoms with Crippen LogP contribution in [0.4, 0.5) is 10.5 Å². The van der Waals surface area contributed by atoms with E-state index in [0.717, 1.165) is 75.3 Å². The lowest BCUT2D eigenvalue weighted by molar-refractivity contribution is -0.116. The molecule has 6 heteroatoms. The molecule has 0 unspecified atom stereocenters. The molecular weight excluding hydrogens is 342 g/mol. The number of rotatable bonds is 5. The van der Waals surface area contributed by atoms with E-state index < -0.39 is 0 Å². The highest BCUT2D eigenvalue weighted by Crippen LogP contribution is 2.24. The van der Waals surface area contributed by atoms with E-state index in [-0.39, 0.29) is 11.9 Å². The molecule has 148 valence electrons. The third-order valence-corrected chi connectivity index (χ3v) is 5.65. The molecule has 3 amide bonds. The maximum atomic E-state index is 12.6. The molecule has 0 aliphatic carbocycles. The Balaban J connectivity index is 1.46. The van der Waals surface area contributed by atoms with E-state index in [4.69, 9.17) is 4.74 Å². The highest BCUT2D eigenvalue weighted by Gasteiger charge is 2.28. The SMILES string of the molecule is COc1ccc(NC(=O)CC[C@H]2CCCN(C(=O)N3CCCC3)C2)c(C)c1. The van der Waals surface area contributed by atoms with Crippen LogP contribution in [0, 0.1) is 12.8 Å². The van der Waals surface area contributed by atoms with E-state index in [1.54, 1.807) is 7.11 Å². The Kier molecular flexibility index (Phi) is 6.58. The van der Waals surface area contributed by atoms with Crippen molar-refractivity contribution in [3.8, 4) is 5.75 Å². The van der Waals surface area contributed by atoms with Gasteiger partial charge in [-0.1, -0.05) is 0 Å². The number of nitrogens with one attached hydrogen (secondary N) is 1. The van der Waals surface area contributed by atoms with Gasteiger partial charge in [0.25, 0.3) is 0 Å². The zero-order valence-electron chi connectivity index (χ0n) is 16.5. The van der Waals surface area contributed by atoms with Gasteiger partial charge < -0.3 is 19.9 Å². The monoisotopic (exact) mass is 373 g/mol. The van der Waals surface area contributed by atoms with Gasteiger partial charge in [-0.2, -0.15) is 0 Å². The fourth-order valence-corrected chi connectivity index (χ4v) is 4.03. The van der Waals surface area contributed by atoms with E-state index in [0.29, 0.717) is 12.3 Å². The zero-order valence-corrected chi connectivity index (χ0v) is 16.5. The molecular formula is C21H31N3O3. The van der Waals surface area contributed by atoms with Gasteiger partial charge in [0.2, 0.25) is 5.91 Å². The Morgan fingerprint density at radius 2 is 1.89 bits per heavy atom. The van der Waals surface area contributed by atoms with Crippen LogP contribution in [0.1, 0.15) is 44.1 Å². The molecule has 1 N–H and O–H groups in total. The third kappa shape index (κ3) is 5.15. The molecule has 1 aromatic rings. The van der Waals surface area contributed by atoms with E-state index >= 15 is 0 Å². The number of amides is 3. The molecule has 3 rings (SSSR count). The van der Waals surface area contributed by atoms with Crippen molar-refractivity contribution in [3.63, 3.8) is 0 Å². The minimum atomic E-state index is 0.0336. The van der Waals surface area contributed by atoms with Gasteiger partial charge in [-0.05, 0) is 68.7 Å². The van der Waals surface area contributed by atoms with E-state index in [2.05, 4.69) is 5.32 Å². The second-order valence-electron chi connectivity index (χ2n) is 7.70. The highest BCUT2D eigenvalue weighted by molar-refractivity contribution is 5.91. The van der Waals surface area contributed by atoms with E-state index in [1.807, 2.05) is 34.9 Å². The summed E-state index contributed by atoms with van der Waals surface area (Å²) in [5.41, 5.74) is 1.82. The Bertz CT molecular complexity index is 671. The fourth-order valence-electron chi connectivity index (χ4n) is 4.03. The average Bonchev–Trinajstić information content (AvgIpc) is 3.22. The lowest BCUT2D eigenvalue weighted by atomic mass is 9.93. The van der Waals surface area contributed by atoms with Crippen molar-refractivity contribution < 1.29 is 14.3 Å². The molecule has 0 radical (unpaired) electrons. The number of aryl methyl sites for hydroxylation is 1. The number of carbonyl (C=O) groups excluding carboxylic acids is 2. The first-order valence-corrected chi connectivity index (χ1v) is 10.0. The summed E-state index contributed by atoms with van der Waals surface area (Å²) in [5, 5.41) is 3.00. The number of likely N-dealkylation sites (tertiary alicyclic amines) is 2. The van der Waals surface area contributed by atoms with Crippen molar-refractivity contribution in [1.82, 2.24) is 9.80 Å². The Hall–Kier alpha value is -2.24. The van der Waals surface area contributed by atoms with Gasteiger partial charge >= 0.3 is 6.03 Å². The Morgan fingerprint density at radius 3 is 2.59 bits per heavy atom. The summed E-state index contributed by atoms with van der Waals surface area (Å²) < 4.78 is 5.20. The van der Waals surface area contributed by atoms with Crippen molar-refractivity contribution in [2.24, 2.45) is 5.92 Å². The van der Waals surface area contributed by atoms with Gasteiger partial charge in [-0.3, -0.25) is 4.79 Å². The number of nitrogens with zero attached hydrogens (tertiary/aromatic N) is 2. The molecule has 2 saturated heterocycles. The van der Waals surface area contributed by atoms with Gasteiger partial charge in [0, 0.05) is 38.3 Å². The Morgan fingerprint density at radius 1 is 1.15 bits per heavy atom. The van der Waals surface area contributed by atoms with Gasteiger partial charge in [-0.25, -0.2) is 4.79 Å². The van der Waals surface area contributed by atoms with E-state index in [9.17, 15) is 9.59 Å². The summed E-state index contributed by atoms with van der Waals surface area (Å²) in [6.45, 7) is 5.38. The number of piperidine rings is 1. The molecule has 1 aromatic carbocycles. The van der Waals surface area contributed by atoms with Crippen LogP contribution in [0.5, 0.6) is 5.75 Å². The zero-order chi connectivity index (χ0) is 19.2. The second-order valence-corrected chi connectivity index (χ2v) is 7.70. The number of carbonyl (C=O) groups is 2. The summed E-state index contributed by atoms with van der Waals surface area (Å²) >= 11 is 0. The van der Waals surface area contributed by atoms with Gasteiger partial charge in [0.1, 0.15) is 5.75 Å². The molecule has 0 bridgehead atoms. The lowest BCUT2D eigenvalue weighted by Crippen LogP contribution is -2.46. The molecule has 0 aromatic heterocycles. The summed E-state index contributed by atoms with van der Waals surface area (Å²) in [7, 11) is 1.63. The van der Waals surface area contributed by atoms with Crippen molar-refractivity contribution in [3.05, 3.63) is 23.8 Å². The number of benzene rings is 1. The largest absolute Gasteiger partial charge is 0.497 e. The predicted octanol–water partition coefficient (Wildman–Crippen LogP) is 3.65. The molecule has 6 nitrogen and oxygen atoms in total. The molecule has 0 saturated carbocycles. The van der Waals surface area contributed by atoms with Crippen molar-refractivity contribution >= 4 is 17.6 Å². The number of hydrogen-bond acceptors (Lipinski definition) is 3. The highest BCUT2D eigenvalue weighted by atomic mass is 16.5. The molecule has 2 aliphatic rings. The smallest absolute Gasteiger partial charge is 0.320 e. The van der Waals surface area contributed by atoms with Crippen LogP contribution in [-0.2, 0) is 4.79 Å². The summed E-state index contributed by atoms with van der Waals surface area (Å²) in [4.78, 5) is 28.9. The molecule has 2 heterocycles. The van der Waals surface area contributed by atoms with Gasteiger partial charge in [0.15, 0.2) is 0 Å². The van der Waals surface area contributed by atoms with Crippen molar-refractivity contribution in [2.45, 2.75) is 45.4 Å². The Labute approximate surface area is 161 Å². The average molecular weight is 373 g/mol. The summed E-state index contributed by atoms with van der Waals surface area (Å²) in [6, 6.07) is 5.84. The summed E-state index contributed by atoms with van der Waals surface area (Å²) in [5.74, 6) is 1.23. The van der Waals surface area contributed by atoms with Gasteiger partial charge in [-0.15, -0.1) is 0 Å². The van der Waals surface area contributed by atoms with Crippen LogP contribution in [0.3, 0.4) is 0 Å². The van der Waals surface area contributed by atoms with Crippen LogP contribution in [0.2, 0.25) is 0 Å². The van der Waals surface area contributed by atoms with Crippen molar-refractivity contribution in [1.29, 1.82) is 0 Å². The topological polar surface area (TPSA) is 61.9 Å². The number of ether oxygens (including phenoxy) is 1. The van der Waals surface area contributed by atoms with Crippen LogP contribution >= 0.6 is 0 Å². The first kappa shape index (κ1) is 19.5. The third-order valence-electron chi connectivity index (χ3n) is 5.65. The van der Waals surface area contributed by atoms with Gasteiger partial charge in [0.05, 0.1) is 7.11 Å². The number of anilines is 1. The quantitative estimate of drug-likeness (QED) is 0.857. The van der Waals surface area contributed by atoms with Crippen LogP contribution < -0.4 is 10.1 Å². The van der Waals surface area contributed by atoms with Crippen LogP contribution in [-0.4, -0.2) is 55.0 Å². The van der Waals surface area contributed by atoms with Crippen LogP contribution in [0.15, 0.2) is 18.2 Å². The molecule has 27 heavy (non-hydrogen) atoms. The first-order valence-electron chi connectivity index (χ1n) is 10.0. The maximum Gasteiger partial charge on any atom is 0.320 e. The van der Waals surface area contributed by atoms with E-state index in [1.165, 1.54) is 0 Å². The lowest BCUT2D eigenvalue weighted by Gasteiger charge is -2.35. The first-order chi connectivity index (χ1) is 13.1. The normalized spacial score (nSPS) is 19.9. The minimum absolute atomic E-state index is 0.0336. The number of methoxy groups -OCH3 is 1. The molecule has 2 aliphatic heterocycles. The second kappa shape index (κ2) is 9.11. The predicted molar refractivity (Wildman–Crippen MR) is 106 cm³/mol. The fraction of sp³-hybridized carbons (Fsp3) is 0.619. The maximum absolute atomic E-state index is 12.6.